The molecule has 0 saturated heterocycles. The second kappa shape index (κ2) is 7.41. The van der Waals surface area contributed by atoms with E-state index in [0.717, 1.165) is 10.9 Å². The second-order valence-electron chi connectivity index (χ2n) is 6.19. The van der Waals surface area contributed by atoms with Gasteiger partial charge in [0.1, 0.15) is 11.6 Å². The molecule has 0 radical (unpaired) electrons. The van der Waals surface area contributed by atoms with Gasteiger partial charge in [-0.3, -0.25) is 4.79 Å². The standard InChI is InChI=1S/C22H16FNO3/c23-19-9-5-4-8-16(19)13-20-18-11-10-17(14-21(18)27-24-20)26-22(25)12-15-6-2-1-3-7-15/h1-11,14H,12-13H2. The predicted octanol–water partition coefficient (Wildman–Crippen LogP) is 4.71. The summed E-state index contributed by atoms with van der Waals surface area (Å²) in [7, 11) is 0. The fourth-order valence-electron chi connectivity index (χ4n) is 2.91. The highest BCUT2D eigenvalue weighted by molar-refractivity contribution is 5.82. The van der Waals surface area contributed by atoms with Crippen LogP contribution in [0.4, 0.5) is 4.39 Å². The number of fused-ring (bicyclic) bond motifs is 1. The molecule has 4 aromatic rings. The number of hydrogen-bond donors (Lipinski definition) is 0. The van der Waals surface area contributed by atoms with Crippen molar-refractivity contribution in [3.05, 3.63) is 95.4 Å². The maximum atomic E-state index is 13.9. The van der Waals surface area contributed by atoms with Gasteiger partial charge in [0, 0.05) is 17.9 Å². The molecule has 27 heavy (non-hydrogen) atoms. The van der Waals surface area contributed by atoms with Crippen molar-refractivity contribution >= 4 is 16.9 Å². The van der Waals surface area contributed by atoms with Crippen LogP contribution in [0.25, 0.3) is 11.0 Å². The second-order valence-corrected chi connectivity index (χ2v) is 6.19. The molecule has 3 aromatic carbocycles. The first-order valence-corrected chi connectivity index (χ1v) is 8.55. The molecule has 5 heteroatoms. The van der Waals surface area contributed by atoms with Gasteiger partial charge in [-0.15, -0.1) is 0 Å². The van der Waals surface area contributed by atoms with Gasteiger partial charge in [0.15, 0.2) is 5.58 Å². The van der Waals surface area contributed by atoms with Gasteiger partial charge in [-0.2, -0.15) is 0 Å². The van der Waals surface area contributed by atoms with Crippen LogP contribution in [-0.4, -0.2) is 11.1 Å². The smallest absolute Gasteiger partial charge is 0.315 e. The van der Waals surface area contributed by atoms with E-state index in [9.17, 15) is 9.18 Å². The van der Waals surface area contributed by atoms with Gasteiger partial charge < -0.3 is 9.26 Å². The summed E-state index contributed by atoms with van der Waals surface area (Å²) >= 11 is 0. The number of aromatic nitrogens is 1. The van der Waals surface area contributed by atoms with E-state index in [1.54, 1.807) is 36.4 Å². The first-order chi connectivity index (χ1) is 13.2. The zero-order chi connectivity index (χ0) is 18.6. The number of benzene rings is 3. The van der Waals surface area contributed by atoms with Crippen LogP contribution in [0.3, 0.4) is 0 Å². The van der Waals surface area contributed by atoms with E-state index in [0.29, 0.717) is 29.0 Å². The molecular weight excluding hydrogens is 345 g/mol. The first kappa shape index (κ1) is 17.0. The molecule has 0 aliphatic rings. The third-order valence-corrected chi connectivity index (χ3v) is 4.26. The summed E-state index contributed by atoms with van der Waals surface area (Å²) in [5.41, 5.74) is 2.56. The van der Waals surface area contributed by atoms with E-state index in [4.69, 9.17) is 9.26 Å². The Morgan fingerprint density at radius 2 is 1.78 bits per heavy atom. The molecule has 0 saturated carbocycles. The summed E-state index contributed by atoms with van der Waals surface area (Å²) in [6, 6.07) is 21.0. The van der Waals surface area contributed by atoms with Crippen LogP contribution in [0.1, 0.15) is 16.8 Å². The number of esters is 1. The summed E-state index contributed by atoms with van der Waals surface area (Å²) in [4.78, 5) is 12.1. The Kier molecular flexibility index (Phi) is 4.66. The summed E-state index contributed by atoms with van der Waals surface area (Å²) in [6.45, 7) is 0. The molecule has 0 unspecified atom stereocenters. The molecule has 4 rings (SSSR count). The topological polar surface area (TPSA) is 52.3 Å². The van der Waals surface area contributed by atoms with Crippen molar-refractivity contribution in [1.29, 1.82) is 0 Å². The van der Waals surface area contributed by atoms with E-state index < -0.39 is 0 Å². The molecule has 1 aromatic heterocycles. The number of ether oxygens (including phenoxy) is 1. The van der Waals surface area contributed by atoms with Gasteiger partial charge in [-0.25, -0.2) is 4.39 Å². The summed E-state index contributed by atoms with van der Waals surface area (Å²) in [5.74, 6) is -0.246. The minimum atomic E-state index is -0.355. The summed E-state index contributed by atoms with van der Waals surface area (Å²) < 4.78 is 24.6. The molecule has 1 heterocycles. The Bertz CT molecular complexity index is 1090. The van der Waals surface area contributed by atoms with E-state index in [1.165, 1.54) is 6.07 Å². The van der Waals surface area contributed by atoms with Crippen molar-refractivity contribution in [3.63, 3.8) is 0 Å². The van der Waals surface area contributed by atoms with Crippen LogP contribution in [0.5, 0.6) is 5.75 Å². The van der Waals surface area contributed by atoms with E-state index >= 15 is 0 Å². The number of nitrogens with zero attached hydrogens (tertiary/aromatic N) is 1. The molecule has 0 fully saturated rings. The normalized spacial score (nSPS) is 10.9. The minimum Gasteiger partial charge on any atom is -0.426 e. The van der Waals surface area contributed by atoms with Gasteiger partial charge >= 0.3 is 5.97 Å². The van der Waals surface area contributed by atoms with Crippen molar-refractivity contribution in [1.82, 2.24) is 5.16 Å². The number of carbonyl (C=O) groups excluding carboxylic acids is 1. The van der Waals surface area contributed by atoms with E-state index in [-0.39, 0.29) is 18.2 Å². The lowest BCUT2D eigenvalue weighted by molar-refractivity contribution is -0.133. The van der Waals surface area contributed by atoms with Gasteiger partial charge in [0.05, 0.1) is 12.1 Å². The monoisotopic (exact) mass is 361 g/mol. The van der Waals surface area contributed by atoms with Crippen LogP contribution in [0, 0.1) is 5.82 Å². The fraction of sp³-hybridized carbons (Fsp3) is 0.0909. The Morgan fingerprint density at radius 3 is 2.59 bits per heavy atom. The molecule has 0 aliphatic carbocycles. The first-order valence-electron chi connectivity index (χ1n) is 8.55. The SMILES string of the molecule is O=C(Cc1ccccc1)Oc1ccc2c(Cc3ccccc3F)noc2c1. The minimum absolute atomic E-state index is 0.188. The fourth-order valence-corrected chi connectivity index (χ4v) is 2.91. The van der Waals surface area contributed by atoms with Crippen LogP contribution in [0.2, 0.25) is 0 Å². The molecule has 4 nitrogen and oxygen atoms in total. The van der Waals surface area contributed by atoms with Gasteiger partial charge in [0.25, 0.3) is 0 Å². The Hall–Kier alpha value is -3.47. The zero-order valence-corrected chi connectivity index (χ0v) is 14.4. The quantitative estimate of drug-likeness (QED) is 0.382. The van der Waals surface area contributed by atoms with Crippen molar-refractivity contribution in [2.45, 2.75) is 12.8 Å². The third-order valence-electron chi connectivity index (χ3n) is 4.26. The van der Waals surface area contributed by atoms with Crippen LogP contribution >= 0.6 is 0 Å². The molecule has 0 atom stereocenters. The largest absolute Gasteiger partial charge is 0.426 e. The van der Waals surface area contributed by atoms with Gasteiger partial charge in [-0.1, -0.05) is 53.7 Å². The predicted molar refractivity (Wildman–Crippen MR) is 99.0 cm³/mol. The summed E-state index contributed by atoms with van der Waals surface area (Å²) in [6.07, 6.45) is 0.515. The third kappa shape index (κ3) is 3.87. The van der Waals surface area contributed by atoms with Crippen molar-refractivity contribution in [2.24, 2.45) is 0 Å². The lowest BCUT2D eigenvalue weighted by Crippen LogP contribution is -2.11. The molecule has 0 bridgehead atoms. The van der Waals surface area contributed by atoms with Crippen molar-refractivity contribution in [2.75, 3.05) is 0 Å². The Morgan fingerprint density at radius 1 is 1.00 bits per heavy atom. The zero-order valence-electron chi connectivity index (χ0n) is 14.4. The Labute approximate surface area is 155 Å². The molecule has 0 aliphatic heterocycles. The van der Waals surface area contributed by atoms with Crippen LogP contribution in [-0.2, 0) is 17.6 Å². The lowest BCUT2D eigenvalue weighted by Gasteiger charge is -2.04. The number of carbonyl (C=O) groups is 1. The average Bonchev–Trinajstić information content (AvgIpc) is 3.06. The van der Waals surface area contributed by atoms with Gasteiger partial charge in [-0.05, 0) is 29.3 Å². The van der Waals surface area contributed by atoms with E-state index in [2.05, 4.69) is 5.16 Å². The average molecular weight is 361 g/mol. The van der Waals surface area contributed by atoms with E-state index in [1.807, 2.05) is 30.3 Å². The van der Waals surface area contributed by atoms with Crippen LogP contribution < -0.4 is 4.74 Å². The maximum absolute atomic E-state index is 13.9. The maximum Gasteiger partial charge on any atom is 0.315 e. The number of rotatable bonds is 5. The lowest BCUT2D eigenvalue weighted by atomic mass is 10.1. The highest BCUT2D eigenvalue weighted by atomic mass is 19.1. The summed E-state index contributed by atoms with van der Waals surface area (Å²) in [5, 5.41) is 4.80. The van der Waals surface area contributed by atoms with Crippen molar-refractivity contribution in [3.8, 4) is 5.75 Å². The molecule has 0 spiro atoms. The highest BCUT2D eigenvalue weighted by Crippen LogP contribution is 2.26. The highest BCUT2D eigenvalue weighted by Gasteiger charge is 2.13. The molecule has 0 amide bonds. The van der Waals surface area contributed by atoms with Gasteiger partial charge in [0.2, 0.25) is 0 Å². The Balaban J connectivity index is 1.50. The number of halogens is 1. The molecule has 134 valence electrons. The van der Waals surface area contributed by atoms with Crippen molar-refractivity contribution < 1.29 is 18.4 Å². The van der Waals surface area contributed by atoms with Crippen LogP contribution in [0.15, 0.2) is 77.3 Å². The molecular formula is C22H16FNO3. The molecule has 0 N–H and O–H groups in total. The number of hydrogen-bond acceptors (Lipinski definition) is 4.